The normalized spacial score (nSPS) is 14.9. The number of anilines is 1. The summed E-state index contributed by atoms with van der Waals surface area (Å²) in [5.41, 5.74) is -0.724. The van der Waals surface area contributed by atoms with Crippen molar-refractivity contribution >= 4 is 21.7 Å². The molecule has 2 N–H and O–H groups in total. The lowest BCUT2D eigenvalue weighted by Crippen LogP contribution is -2.35. The van der Waals surface area contributed by atoms with Crippen LogP contribution in [0.3, 0.4) is 0 Å². The number of nitrogens with zero attached hydrogens (tertiary/aromatic N) is 2. The zero-order valence-electron chi connectivity index (χ0n) is 9.87. The highest BCUT2D eigenvalue weighted by atomic mass is 79.9. The number of aliphatic hydroxyl groups is 1. The van der Waals surface area contributed by atoms with E-state index >= 15 is 0 Å². The first-order chi connectivity index (χ1) is 7.41. The lowest BCUT2D eigenvalue weighted by Gasteiger charge is -2.25. The SMILES string of the molecule is CC(C)CC(C)(O)CNc1ncncc1Br. The highest BCUT2D eigenvalue weighted by molar-refractivity contribution is 9.10. The van der Waals surface area contributed by atoms with E-state index in [9.17, 15) is 5.11 Å². The van der Waals surface area contributed by atoms with Gasteiger partial charge in [0.2, 0.25) is 0 Å². The fourth-order valence-electron chi connectivity index (χ4n) is 1.67. The molecule has 1 unspecified atom stereocenters. The molecule has 1 aromatic rings. The van der Waals surface area contributed by atoms with Gasteiger partial charge in [0.1, 0.15) is 12.1 Å². The molecule has 0 aliphatic heterocycles. The average Bonchev–Trinajstić information content (AvgIpc) is 2.14. The summed E-state index contributed by atoms with van der Waals surface area (Å²) in [6, 6.07) is 0. The summed E-state index contributed by atoms with van der Waals surface area (Å²) in [7, 11) is 0. The van der Waals surface area contributed by atoms with E-state index in [-0.39, 0.29) is 0 Å². The van der Waals surface area contributed by atoms with Gasteiger partial charge in [0, 0.05) is 12.7 Å². The van der Waals surface area contributed by atoms with Gasteiger partial charge in [-0.15, -0.1) is 0 Å². The molecule has 1 atom stereocenters. The van der Waals surface area contributed by atoms with Gasteiger partial charge in [-0.2, -0.15) is 0 Å². The molecule has 1 heterocycles. The second-order valence-electron chi connectivity index (χ2n) is 4.67. The van der Waals surface area contributed by atoms with Crippen molar-refractivity contribution in [3.63, 3.8) is 0 Å². The maximum Gasteiger partial charge on any atom is 0.143 e. The van der Waals surface area contributed by atoms with Gasteiger partial charge in [-0.1, -0.05) is 13.8 Å². The fourth-order valence-corrected chi connectivity index (χ4v) is 2.03. The molecule has 0 saturated carbocycles. The molecule has 0 aliphatic rings. The Morgan fingerprint density at radius 2 is 2.25 bits per heavy atom. The van der Waals surface area contributed by atoms with E-state index in [2.05, 4.69) is 45.1 Å². The summed E-state index contributed by atoms with van der Waals surface area (Å²) in [6.45, 7) is 6.49. The molecule has 0 bridgehead atoms. The Morgan fingerprint density at radius 1 is 1.56 bits per heavy atom. The van der Waals surface area contributed by atoms with Crippen LogP contribution in [0.2, 0.25) is 0 Å². The number of rotatable bonds is 5. The van der Waals surface area contributed by atoms with Crippen LogP contribution < -0.4 is 5.32 Å². The lowest BCUT2D eigenvalue weighted by atomic mass is 9.94. The van der Waals surface area contributed by atoms with Crippen LogP contribution in [0.25, 0.3) is 0 Å². The van der Waals surface area contributed by atoms with Gasteiger partial charge in [0.25, 0.3) is 0 Å². The number of halogens is 1. The van der Waals surface area contributed by atoms with Crippen molar-refractivity contribution < 1.29 is 5.11 Å². The van der Waals surface area contributed by atoms with Gasteiger partial charge in [-0.05, 0) is 35.2 Å². The van der Waals surface area contributed by atoms with Gasteiger partial charge in [-0.3, -0.25) is 0 Å². The highest BCUT2D eigenvalue weighted by Gasteiger charge is 2.21. The molecule has 1 aromatic heterocycles. The van der Waals surface area contributed by atoms with E-state index in [4.69, 9.17) is 0 Å². The van der Waals surface area contributed by atoms with Crippen LogP contribution in [-0.4, -0.2) is 27.2 Å². The summed E-state index contributed by atoms with van der Waals surface area (Å²) >= 11 is 3.35. The topological polar surface area (TPSA) is 58.0 Å². The standard InChI is InChI=1S/C11H18BrN3O/c1-8(2)4-11(3,16)6-14-10-9(12)5-13-7-15-10/h5,7-8,16H,4,6H2,1-3H3,(H,13,14,15). The first-order valence-corrected chi connectivity index (χ1v) is 6.12. The van der Waals surface area contributed by atoms with Crippen LogP contribution in [0, 0.1) is 5.92 Å². The van der Waals surface area contributed by atoms with Gasteiger partial charge < -0.3 is 10.4 Å². The Hall–Kier alpha value is -0.680. The quantitative estimate of drug-likeness (QED) is 0.873. The Morgan fingerprint density at radius 3 is 2.81 bits per heavy atom. The van der Waals surface area contributed by atoms with E-state index in [1.54, 1.807) is 6.20 Å². The van der Waals surface area contributed by atoms with Gasteiger partial charge >= 0.3 is 0 Å². The predicted octanol–water partition coefficient (Wildman–Crippen LogP) is 2.45. The molecule has 0 spiro atoms. The zero-order chi connectivity index (χ0) is 12.2. The van der Waals surface area contributed by atoms with Crippen molar-refractivity contribution in [2.24, 2.45) is 5.92 Å². The van der Waals surface area contributed by atoms with Crippen LogP contribution in [0.15, 0.2) is 17.0 Å². The Balaban J connectivity index is 2.54. The van der Waals surface area contributed by atoms with Crippen molar-refractivity contribution in [1.29, 1.82) is 0 Å². The molecule has 0 fully saturated rings. The molecule has 90 valence electrons. The second-order valence-corrected chi connectivity index (χ2v) is 5.52. The minimum atomic E-state index is -0.724. The number of aromatic nitrogens is 2. The van der Waals surface area contributed by atoms with Crippen molar-refractivity contribution in [2.75, 3.05) is 11.9 Å². The van der Waals surface area contributed by atoms with E-state index in [1.807, 2.05) is 6.92 Å². The van der Waals surface area contributed by atoms with Gasteiger partial charge in [-0.25, -0.2) is 9.97 Å². The molecule has 4 nitrogen and oxygen atoms in total. The maximum absolute atomic E-state index is 10.1. The minimum Gasteiger partial charge on any atom is -0.388 e. The van der Waals surface area contributed by atoms with Crippen LogP contribution in [-0.2, 0) is 0 Å². The smallest absolute Gasteiger partial charge is 0.143 e. The highest BCUT2D eigenvalue weighted by Crippen LogP contribution is 2.20. The molecular formula is C11H18BrN3O. The molecule has 0 aliphatic carbocycles. The molecule has 5 heteroatoms. The molecule has 16 heavy (non-hydrogen) atoms. The van der Waals surface area contributed by atoms with Gasteiger partial charge in [0.05, 0.1) is 10.1 Å². The minimum absolute atomic E-state index is 0.464. The number of nitrogens with one attached hydrogen (secondary N) is 1. The van der Waals surface area contributed by atoms with E-state index in [1.165, 1.54) is 6.33 Å². The van der Waals surface area contributed by atoms with Crippen molar-refractivity contribution in [3.8, 4) is 0 Å². The van der Waals surface area contributed by atoms with Crippen LogP contribution in [0.1, 0.15) is 27.2 Å². The monoisotopic (exact) mass is 287 g/mol. The molecular weight excluding hydrogens is 270 g/mol. The third-order valence-corrected chi connectivity index (χ3v) is 2.73. The third-order valence-electron chi connectivity index (χ3n) is 2.15. The largest absolute Gasteiger partial charge is 0.388 e. The van der Waals surface area contributed by atoms with Crippen LogP contribution in [0.5, 0.6) is 0 Å². The van der Waals surface area contributed by atoms with Crippen molar-refractivity contribution in [2.45, 2.75) is 32.8 Å². The van der Waals surface area contributed by atoms with E-state index in [0.29, 0.717) is 18.3 Å². The third kappa shape index (κ3) is 4.45. The average molecular weight is 288 g/mol. The Bertz CT molecular complexity index is 342. The van der Waals surface area contributed by atoms with E-state index < -0.39 is 5.60 Å². The molecule has 1 rings (SSSR count). The Kier molecular flexibility index (Phi) is 4.68. The van der Waals surface area contributed by atoms with E-state index in [0.717, 1.165) is 10.9 Å². The second kappa shape index (κ2) is 5.59. The first kappa shape index (κ1) is 13.4. The fraction of sp³-hybridized carbons (Fsp3) is 0.636. The lowest BCUT2D eigenvalue weighted by molar-refractivity contribution is 0.0514. The number of hydrogen-bond donors (Lipinski definition) is 2. The maximum atomic E-state index is 10.1. The Labute approximate surface area is 105 Å². The summed E-state index contributed by atoms with van der Waals surface area (Å²) < 4.78 is 0.801. The van der Waals surface area contributed by atoms with Crippen LogP contribution in [0.4, 0.5) is 5.82 Å². The van der Waals surface area contributed by atoms with Gasteiger partial charge in [0.15, 0.2) is 0 Å². The summed E-state index contributed by atoms with van der Waals surface area (Å²) in [5, 5.41) is 13.2. The summed E-state index contributed by atoms with van der Waals surface area (Å²) in [4.78, 5) is 7.96. The molecule has 0 radical (unpaired) electrons. The predicted molar refractivity (Wildman–Crippen MR) is 68.3 cm³/mol. The molecule has 0 saturated heterocycles. The zero-order valence-corrected chi connectivity index (χ0v) is 11.5. The summed E-state index contributed by atoms with van der Waals surface area (Å²) in [6.07, 6.45) is 3.90. The number of hydrogen-bond acceptors (Lipinski definition) is 4. The molecule has 0 aromatic carbocycles. The summed E-state index contributed by atoms with van der Waals surface area (Å²) in [5.74, 6) is 1.17. The van der Waals surface area contributed by atoms with Crippen LogP contribution >= 0.6 is 15.9 Å². The van der Waals surface area contributed by atoms with Crippen molar-refractivity contribution in [1.82, 2.24) is 9.97 Å². The molecule has 0 amide bonds. The first-order valence-electron chi connectivity index (χ1n) is 5.32. The van der Waals surface area contributed by atoms with Crippen molar-refractivity contribution in [3.05, 3.63) is 17.0 Å².